The number of fused-ring (bicyclic) bond motifs is 3. The minimum absolute atomic E-state index is 0.0577. The fourth-order valence-corrected chi connectivity index (χ4v) is 6.05. The first-order valence-electron chi connectivity index (χ1n) is 15.5. The SMILES string of the molecule is CCOCCOCCOCCOCCC(=O)N1CC2(C1)C(=O)N(Cc1nc3cc(Cl)ccc3n1CCCCF)c1cnccc12. The van der Waals surface area contributed by atoms with Crippen LogP contribution in [-0.2, 0) is 47.0 Å². The molecule has 1 saturated heterocycles. The van der Waals surface area contributed by atoms with E-state index in [1.165, 1.54) is 0 Å². The number of likely N-dealkylation sites (tertiary alicyclic amines) is 1. The van der Waals surface area contributed by atoms with Crippen molar-refractivity contribution in [3.05, 3.63) is 53.1 Å². The van der Waals surface area contributed by atoms with Gasteiger partial charge in [0.1, 0.15) is 11.2 Å². The molecule has 11 nitrogen and oxygen atoms in total. The minimum atomic E-state index is -0.818. The van der Waals surface area contributed by atoms with Crippen molar-refractivity contribution >= 4 is 40.1 Å². The Balaban J connectivity index is 1.14. The Labute approximate surface area is 267 Å². The van der Waals surface area contributed by atoms with Gasteiger partial charge in [-0.15, -0.1) is 0 Å². The number of benzene rings is 1. The number of aryl methyl sites for hydroxylation is 1. The zero-order valence-corrected chi connectivity index (χ0v) is 26.5. The van der Waals surface area contributed by atoms with E-state index in [9.17, 15) is 14.0 Å². The fourth-order valence-electron chi connectivity index (χ4n) is 5.88. The van der Waals surface area contributed by atoms with Crippen molar-refractivity contribution in [2.45, 2.75) is 44.7 Å². The summed E-state index contributed by atoms with van der Waals surface area (Å²) in [5.74, 6) is 0.552. The monoisotopic (exact) mass is 645 g/mol. The van der Waals surface area contributed by atoms with E-state index in [1.54, 1.807) is 34.3 Å². The molecule has 1 spiro atoms. The molecule has 13 heteroatoms. The van der Waals surface area contributed by atoms with Crippen molar-refractivity contribution in [3.8, 4) is 0 Å². The molecule has 0 aliphatic carbocycles. The van der Waals surface area contributed by atoms with Gasteiger partial charge in [0.05, 0.1) is 88.8 Å². The summed E-state index contributed by atoms with van der Waals surface area (Å²) >= 11 is 6.23. The van der Waals surface area contributed by atoms with E-state index in [0.29, 0.717) is 89.6 Å². The average molecular weight is 646 g/mol. The fraction of sp³-hybridized carbons (Fsp3) is 0.562. The van der Waals surface area contributed by atoms with E-state index in [2.05, 4.69) is 4.98 Å². The van der Waals surface area contributed by atoms with Crippen LogP contribution in [0.5, 0.6) is 0 Å². The Morgan fingerprint density at radius 1 is 1.00 bits per heavy atom. The van der Waals surface area contributed by atoms with Gasteiger partial charge in [-0.1, -0.05) is 11.6 Å². The quantitative estimate of drug-likeness (QED) is 0.181. The lowest BCUT2D eigenvalue weighted by Gasteiger charge is -2.46. The number of pyridine rings is 1. The molecule has 244 valence electrons. The second-order valence-corrected chi connectivity index (χ2v) is 11.5. The molecule has 0 N–H and O–H groups in total. The molecule has 0 saturated carbocycles. The zero-order chi connectivity index (χ0) is 31.6. The first-order chi connectivity index (χ1) is 22.0. The van der Waals surface area contributed by atoms with E-state index < -0.39 is 5.41 Å². The van der Waals surface area contributed by atoms with Crippen LogP contribution in [0.4, 0.5) is 10.1 Å². The number of halogens is 2. The Hall–Kier alpha value is -3.16. The summed E-state index contributed by atoms with van der Waals surface area (Å²) in [6, 6.07) is 7.37. The van der Waals surface area contributed by atoms with Crippen LogP contribution < -0.4 is 4.90 Å². The Morgan fingerprint density at radius 3 is 2.42 bits per heavy atom. The summed E-state index contributed by atoms with van der Waals surface area (Å²) in [6.07, 6.45) is 4.69. The maximum Gasteiger partial charge on any atom is 0.241 e. The van der Waals surface area contributed by atoms with Crippen LogP contribution in [0.25, 0.3) is 11.0 Å². The summed E-state index contributed by atoms with van der Waals surface area (Å²) in [7, 11) is 0. The van der Waals surface area contributed by atoms with Gasteiger partial charge in [-0.25, -0.2) is 4.98 Å². The largest absolute Gasteiger partial charge is 0.379 e. The van der Waals surface area contributed by atoms with Gasteiger partial charge in [-0.2, -0.15) is 0 Å². The summed E-state index contributed by atoms with van der Waals surface area (Å²) in [5.41, 5.74) is 2.38. The number of nitrogens with zero attached hydrogens (tertiary/aromatic N) is 5. The maximum atomic E-state index is 14.1. The van der Waals surface area contributed by atoms with Crippen molar-refractivity contribution < 1.29 is 32.9 Å². The van der Waals surface area contributed by atoms with Gasteiger partial charge in [0.25, 0.3) is 0 Å². The summed E-state index contributed by atoms with van der Waals surface area (Å²) < 4.78 is 36.6. The second-order valence-electron chi connectivity index (χ2n) is 11.1. The van der Waals surface area contributed by atoms with Gasteiger partial charge in [0.2, 0.25) is 11.8 Å². The Kier molecular flexibility index (Phi) is 11.7. The number of alkyl halides is 1. The van der Waals surface area contributed by atoms with E-state index in [1.807, 2.05) is 23.6 Å². The first-order valence-corrected chi connectivity index (χ1v) is 15.9. The van der Waals surface area contributed by atoms with Gasteiger partial charge < -0.3 is 33.3 Å². The number of aromatic nitrogens is 3. The number of carbonyl (C=O) groups excluding carboxylic acids is 2. The van der Waals surface area contributed by atoms with E-state index in [-0.39, 0.29) is 38.1 Å². The number of hydrogen-bond donors (Lipinski definition) is 0. The Morgan fingerprint density at radius 2 is 1.71 bits per heavy atom. The summed E-state index contributed by atoms with van der Waals surface area (Å²) in [5, 5.41) is 0.570. The van der Waals surface area contributed by atoms with Crippen molar-refractivity contribution in [1.29, 1.82) is 0 Å². The molecule has 2 aliphatic heterocycles. The minimum Gasteiger partial charge on any atom is -0.379 e. The number of anilines is 1. The predicted octanol–water partition coefficient (Wildman–Crippen LogP) is 3.94. The smallest absolute Gasteiger partial charge is 0.241 e. The van der Waals surface area contributed by atoms with Crippen LogP contribution in [-0.4, -0.2) is 104 Å². The molecule has 0 bridgehead atoms. The molecule has 2 aromatic heterocycles. The molecule has 4 heterocycles. The standard InChI is InChI=1S/C32H41ClFN5O6/c1-2-42-13-14-44-17-18-45-16-15-43-12-8-30(40)37-22-32(23-37)25-7-10-35-20-28(25)39(31(32)41)21-29-36-26-19-24(33)5-6-27(26)38(29)11-4-3-9-34/h5-7,10,19-20H,2-4,8-9,11-18,21-23H2,1H3. The number of carbonyl (C=O) groups is 2. The number of imidazole rings is 1. The molecule has 1 aromatic carbocycles. The van der Waals surface area contributed by atoms with E-state index in [4.69, 9.17) is 35.5 Å². The summed E-state index contributed by atoms with van der Waals surface area (Å²) in [4.78, 5) is 39.5. The second kappa shape index (κ2) is 15.9. The van der Waals surface area contributed by atoms with Gasteiger partial charge in [0, 0.05) is 37.5 Å². The van der Waals surface area contributed by atoms with Gasteiger partial charge in [0.15, 0.2) is 0 Å². The topological polar surface area (TPSA) is 108 Å². The maximum absolute atomic E-state index is 14.1. The highest BCUT2D eigenvalue weighted by Crippen LogP contribution is 2.47. The normalized spacial score (nSPS) is 15.3. The molecule has 0 unspecified atom stereocenters. The molecule has 0 radical (unpaired) electrons. The van der Waals surface area contributed by atoms with Gasteiger partial charge >= 0.3 is 0 Å². The lowest BCUT2D eigenvalue weighted by atomic mass is 9.74. The lowest BCUT2D eigenvalue weighted by molar-refractivity contribution is -0.145. The number of rotatable bonds is 19. The molecule has 5 rings (SSSR count). The van der Waals surface area contributed by atoms with Crippen LogP contribution in [0.2, 0.25) is 5.02 Å². The highest BCUT2D eigenvalue weighted by Gasteiger charge is 2.59. The zero-order valence-electron chi connectivity index (χ0n) is 25.7. The van der Waals surface area contributed by atoms with Crippen LogP contribution >= 0.6 is 11.6 Å². The van der Waals surface area contributed by atoms with Crippen molar-refractivity contribution in [1.82, 2.24) is 19.4 Å². The van der Waals surface area contributed by atoms with Crippen LogP contribution in [0, 0.1) is 0 Å². The highest BCUT2D eigenvalue weighted by atomic mass is 35.5. The summed E-state index contributed by atoms with van der Waals surface area (Å²) in [6.45, 7) is 6.79. The lowest BCUT2D eigenvalue weighted by Crippen LogP contribution is -2.65. The molecule has 1 fully saturated rings. The average Bonchev–Trinajstić information content (AvgIpc) is 3.48. The van der Waals surface area contributed by atoms with Crippen LogP contribution in [0.3, 0.4) is 0 Å². The van der Waals surface area contributed by atoms with E-state index >= 15 is 0 Å². The predicted molar refractivity (Wildman–Crippen MR) is 167 cm³/mol. The van der Waals surface area contributed by atoms with Gasteiger partial charge in [-0.3, -0.25) is 19.0 Å². The number of unbranched alkanes of at least 4 members (excludes halogenated alkanes) is 1. The number of ether oxygens (including phenoxy) is 4. The highest BCUT2D eigenvalue weighted by molar-refractivity contribution is 6.31. The van der Waals surface area contributed by atoms with Crippen molar-refractivity contribution in [3.63, 3.8) is 0 Å². The number of hydrogen-bond acceptors (Lipinski definition) is 8. The molecule has 0 atom stereocenters. The molecular formula is C32H41ClFN5O6. The third-order valence-electron chi connectivity index (χ3n) is 8.17. The number of amides is 2. The molecular weight excluding hydrogens is 605 g/mol. The van der Waals surface area contributed by atoms with Crippen LogP contribution in [0.1, 0.15) is 37.6 Å². The van der Waals surface area contributed by atoms with E-state index in [0.717, 1.165) is 22.3 Å². The van der Waals surface area contributed by atoms with Crippen LogP contribution in [0.15, 0.2) is 36.7 Å². The Bertz CT molecular complexity index is 1450. The third kappa shape index (κ3) is 7.63. The van der Waals surface area contributed by atoms with Crippen molar-refractivity contribution in [2.75, 3.05) is 77.5 Å². The van der Waals surface area contributed by atoms with Crippen molar-refractivity contribution in [2.24, 2.45) is 0 Å². The molecule has 45 heavy (non-hydrogen) atoms. The molecule has 2 amide bonds. The first kappa shape index (κ1) is 33.2. The molecule has 2 aliphatic rings. The van der Waals surface area contributed by atoms with Gasteiger partial charge in [-0.05, 0) is 49.6 Å². The molecule has 3 aromatic rings. The third-order valence-corrected chi connectivity index (χ3v) is 8.40.